The van der Waals surface area contributed by atoms with Gasteiger partial charge in [-0.15, -0.1) is 0 Å². The molecule has 1 fully saturated rings. The van der Waals surface area contributed by atoms with Crippen LogP contribution in [0.25, 0.3) is 0 Å². The molecular formula is C9H13ClO2S. The van der Waals surface area contributed by atoms with E-state index < -0.39 is 9.05 Å². The van der Waals surface area contributed by atoms with Gasteiger partial charge in [-0.05, 0) is 24.2 Å². The van der Waals surface area contributed by atoms with Gasteiger partial charge in [-0.25, -0.2) is 8.42 Å². The van der Waals surface area contributed by atoms with E-state index in [4.69, 9.17) is 10.7 Å². The Balaban J connectivity index is 2.40. The fourth-order valence-corrected chi connectivity index (χ4v) is 4.12. The first-order valence-electron chi connectivity index (χ1n) is 4.48. The second-order valence-electron chi connectivity index (χ2n) is 4.59. The summed E-state index contributed by atoms with van der Waals surface area (Å²) in [5.41, 5.74) is 0.131. The molecule has 0 saturated heterocycles. The van der Waals surface area contributed by atoms with E-state index in [9.17, 15) is 8.42 Å². The first-order valence-corrected chi connectivity index (χ1v) is 6.79. The minimum absolute atomic E-state index is 0.131. The molecule has 74 valence electrons. The molecule has 13 heavy (non-hydrogen) atoms. The van der Waals surface area contributed by atoms with Crippen LogP contribution >= 0.6 is 10.7 Å². The minimum atomic E-state index is -3.47. The minimum Gasteiger partial charge on any atom is -0.207 e. The van der Waals surface area contributed by atoms with E-state index in [1.54, 1.807) is 6.08 Å². The predicted molar refractivity (Wildman–Crippen MR) is 52.9 cm³/mol. The van der Waals surface area contributed by atoms with Crippen LogP contribution in [0.2, 0.25) is 0 Å². The van der Waals surface area contributed by atoms with Gasteiger partial charge in [-0.3, -0.25) is 0 Å². The maximum atomic E-state index is 11.2. The summed E-state index contributed by atoms with van der Waals surface area (Å²) in [6, 6.07) is 0. The molecule has 0 heterocycles. The first-order chi connectivity index (χ1) is 5.83. The predicted octanol–water partition coefficient (Wildman–Crippen LogP) is 2.50. The van der Waals surface area contributed by atoms with Crippen molar-refractivity contribution in [2.45, 2.75) is 26.7 Å². The van der Waals surface area contributed by atoms with Crippen LogP contribution in [0.15, 0.2) is 11.0 Å². The molecule has 0 aromatic rings. The van der Waals surface area contributed by atoms with Gasteiger partial charge in [-0.1, -0.05) is 19.9 Å². The molecule has 0 aromatic carbocycles. The lowest BCUT2D eigenvalue weighted by atomic mass is 9.51. The zero-order valence-corrected chi connectivity index (χ0v) is 9.32. The normalized spacial score (nSPS) is 36.4. The Hall–Kier alpha value is -0.0200. The molecule has 2 bridgehead atoms. The lowest BCUT2D eigenvalue weighted by molar-refractivity contribution is -0.000345. The average Bonchev–Trinajstić information content (AvgIpc) is 2.02. The summed E-state index contributed by atoms with van der Waals surface area (Å²) in [6.45, 7) is 4.25. The van der Waals surface area contributed by atoms with Crippen molar-refractivity contribution >= 4 is 19.7 Å². The maximum Gasteiger partial charge on any atom is 0.257 e. The molecule has 1 saturated carbocycles. The Morgan fingerprint density at radius 1 is 1.54 bits per heavy atom. The molecular weight excluding hydrogens is 208 g/mol. The highest BCUT2D eigenvalue weighted by Gasteiger charge is 2.53. The highest BCUT2D eigenvalue weighted by molar-refractivity contribution is 8.16. The number of allylic oxidation sites excluding steroid dienone is 2. The van der Waals surface area contributed by atoms with Crippen LogP contribution in [0.3, 0.4) is 0 Å². The van der Waals surface area contributed by atoms with E-state index >= 15 is 0 Å². The zero-order valence-electron chi connectivity index (χ0n) is 7.75. The van der Waals surface area contributed by atoms with Crippen molar-refractivity contribution in [2.24, 2.45) is 17.3 Å². The van der Waals surface area contributed by atoms with E-state index in [1.807, 2.05) is 0 Å². The van der Waals surface area contributed by atoms with E-state index in [0.29, 0.717) is 10.8 Å². The second-order valence-corrected chi connectivity index (χ2v) is 7.15. The van der Waals surface area contributed by atoms with E-state index in [-0.39, 0.29) is 11.3 Å². The summed E-state index contributed by atoms with van der Waals surface area (Å²) in [5.74, 6) is 0.813. The van der Waals surface area contributed by atoms with Crippen molar-refractivity contribution in [1.82, 2.24) is 0 Å². The summed E-state index contributed by atoms with van der Waals surface area (Å²) in [4.78, 5) is 0.460. The van der Waals surface area contributed by atoms with Gasteiger partial charge >= 0.3 is 0 Å². The van der Waals surface area contributed by atoms with Crippen LogP contribution < -0.4 is 0 Å². The van der Waals surface area contributed by atoms with E-state index in [0.717, 1.165) is 12.8 Å². The summed E-state index contributed by atoms with van der Waals surface area (Å²) in [5, 5.41) is 0. The average molecular weight is 221 g/mol. The van der Waals surface area contributed by atoms with Gasteiger partial charge in [0.1, 0.15) is 0 Å². The lowest BCUT2D eigenvalue weighted by Gasteiger charge is -2.55. The SMILES string of the molecule is CC1(C)C2CC=C(S(=O)(=O)Cl)C1C2. The lowest BCUT2D eigenvalue weighted by Crippen LogP contribution is -2.48. The van der Waals surface area contributed by atoms with Crippen molar-refractivity contribution < 1.29 is 8.42 Å². The third kappa shape index (κ3) is 1.24. The monoisotopic (exact) mass is 220 g/mol. The molecule has 0 spiro atoms. The third-order valence-electron chi connectivity index (χ3n) is 3.70. The topological polar surface area (TPSA) is 34.1 Å². The molecule has 3 aliphatic carbocycles. The summed E-state index contributed by atoms with van der Waals surface area (Å²) in [6.07, 6.45) is 3.65. The largest absolute Gasteiger partial charge is 0.257 e. The molecule has 0 radical (unpaired) electrons. The van der Waals surface area contributed by atoms with Gasteiger partial charge in [-0.2, -0.15) is 0 Å². The Kier molecular flexibility index (Phi) is 1.84. The number of halogens is 1. The quantitative estimate of drug-likeness (QED) is 0.637. The number of hydrogen-bond donors (Lipinski definition) is 0. The highest BCUT2D eigenvalue weighted by Crippen LogP contribution is 2.60. The van der Waals surface area contributed by atoms with E-state index in [2.05, 4.69) is 13.8 Å². The van der Waals surface area contributed by atoms with Gasteiger partial charge in [0.25, 0.3) is 9.05 Å². The van der Waals surface area contributed by atoms with Crippen molar-refractivity contribution in [3.63, 3.8) is 0 Å². The molecule has 2 nitrogen and oxygen atoms in total. The van der Waals surface area contributed by atoms with Crippen LogP contribution in [0.1, 0.15) is 26.7 Å². The summed E-state index contributed by atoms with van der Waals surface area (Å²) in [7, 11) is 1.89. The molecule has 3 rings (SSSR count). The van der Waals surface area contributed by atoms with Gasteiger partial charge in [0.15, 0.2) is 0 Å². The third-order valence-corrected chi connectivity index (χ3v) is 5.25. The summed E-state index contributed by atoms with van der Waals surface area (Å²) >= 11 is 0. The number of hydrogen-bond acceptors (Lipinski definition) is 2. The standard InChI is InChI=1S/C9H13ClO2S/c1-9(2)6-3-4-8(7(9)5-6)13(10,11)12/h4,6-7H,3,5H2,1-2H3. The van der Waals surface area contributed by atoms with Crippen LogP contribution in [-0.2, 0) is 9.05 Å². The van der Waals surface area contributed by atoms with Crippen molar-refractivity contribution in [3.05, 3.63) is 11.0 Å². The van der Waals surface area contributed by atoms with E-state index in [1.165, 1.54) is 0 Å². The molecule has 0 amide bonds. The first kappa shape index (κ1) is 9.53. The molecule has 0 N–H and O–H groups in total. The fraction of sp³-hybridized carbons (Fsp3) is 0.778. The molecule has 0 aliphatic heterocycles. The fourth-order valence-electron chi connectivity index (χ4n) is 2.57. The highest BCUT2D eigenvalue weighted by atomic mass is 35.7. The van der Waals surface area contributed by atoms with Gasteiger partial charge in [0, 0.05) is 16.6 Å². The van der Waals surface area contributed by atoms with Gasteiger partial charge < -0.3 is 0 Å². The Bertz CT molecular complexity index is 367. The Labute approximate surface area is 83.4 Å². The zero-order chi connectivity index (χ0) is 9.85. The molecule has 4 heteroatoms. The van der Waals surface area contributed by atoms with Crippen LogP contribution in [0.5, 0.6) is 0 Å². The van der Waals surface area contributed by atoms with Crippen LogP contribution in [-0.4, -0.2) is 8.42 Å². The molecule has 2 unspecified atom stereocenters. The van der Waals surface area contributed by atoms with Crippen LogP contribution in [0, 0.1) is 17.3 Å². The van der Waals surface area contributed by atoms with Gasteiger partial charge in [0.2, 0.25) is 0 Å². The van der Waals surface area contributed by atoms with Crippen LogP contribution in [0.4, 0.5) is 0 Å². The molecule has 2 atom stereocenters. The van der Waals surface area contributed by atoms with Crippen molar-refractivity contribution in [2.75, 3.05) is 0 Å². The van der Waals surface area contributed by atoms with Gasteiger partial charge in [0.05, 0.1) is 4.91 Å². The Morgan fingerprint density at radius 3 is 2.46 bits per heavy atom. The second kappa shape index (κ2) is 2.51. The summed E-state index contributed by atoms with van der Waals surface area (Å²) < 4.78 is 22.4. The van der Waals surface area contributed by atoms with Crippen molar-refractivity contribution in [3.8, 4) is 0 Å². The molecule has 3 aliphatic rings. The Morgan fingerprint density at radius 2 is 2.15 bits per heavy atom. The smallest absolute Gasteiger partial charge is 0.207 e. The number of fused-ring (bicyclic) bond motifs is 1. The molecule has 0 aromatic heterocycles. The maximum absolute atomic E-state index is 11.2. The van der Waals surface area contributed by atoms with Crippen molar-refractivity contribution in [1.29, 1.82) is 0 Å². The number of rotatable bonds is 1.